The van der Waals surface area contributed by atoms with Gasteiger partial charge < -0.3 is 14.9 Å². The highest BCUT2D eigenvalue weighted by molar-refractivity contribution is 7.89. The van der Waals surface area contributed by atoms with Crippen molar-refractivity contribution in [3.63, 3.8) is 0 Å². The highest BCUT2D eigenvalue weighted by atomic mass is 35.5. The summed E-state index contributed by atoms with van der Waals surface area (Å²) >= 11 is 5.93. The summed E-state index contributed by atoms with van der Waals surface area (Å²) in [6.45, 7) is 1.85. The zero-order valence-corrected chi connectivity index (χ0v) is 13.1. The lowest BCUT2D eigenvalue weighted by molar-refractivity contribution is -0.118. The SMILES string of the molecule is Cc1c(Cl)cccc1S(=O)(=O)NC[C@@H]1COC[C@@H](O)[C@H]1O. The van der Waals surface area contributed by atoms with Gasteiger partial charge in [-0.3, -0.25) is 0 Å². The molecular weight excluding hydrogens is 318 g/mol. The van der Waals surface area contributed by atoms with Crippen LogP contribution in [-0.2, 0) is 14.8 Å². The first-order valence-electron chi connectivity index (χ1n) is 6.51. The van der Waals surface area contributed by atoms with Gasteiger partial charge in [-0.05, 0) is 24.6 Å². The third kappa shape index (κ3) is 3.74. The fraction of sp³-hybridized carbons (Fsp3) is 0.538. The summed E-state index contributed by atoms with van der Waals surface area (Å²) in [5.41, 5.74) is 0.465. The van der Waals surface area contributed by atoms with Gasteiger partial charge in [0, 0.05) is 17.5 Å². The Kier molecular flexibility index (Phi) is 5.24. The maximum atomic E-state index is 12.3. The van der Waals surface area contributed by atoms with Crippen LogP contribution in [0, 0.1) is 12.8 Å². The Morgan fingerprint density at radius 3 is 2.81 bits per heavy atom. The van der Waals surface area contributed by atoms with Crippen LogP contribution in [0.5, 0.6) is 0 Å². The second-order valence-corrected chi connectivity index (χ2v) is 7.21. The molecule has 118 valence electrons. The van der Waals surface area contributed by atoms with Gasteiger partial charge in [-0.25, -0.2) is 13.1 Å². The predicted octanol–water partition coefficient (Wildman–Crippen LogP) is 0.295. The van der Waals surface area contributed by atoms with Crippen molar-refractivity contribution in [2.24, 2.45) is 5.92 Å². The Hall–Kier alpha value is -0.700. The van der Waals surface area contributed by atoms with Crippen LogP contribution in [0.25, 0.3) is 0 Å². The molecule has 1 aromatic carbocycles. The van der Waals surface area contributed by atoms with Gasteiger partial charge in [0.25, 0.3) is 0 Å². The molecule has 0 aliphatic carbocycles. The molecule has 3 N–H and O–H groups in total. The van der Waals surface area contributed by atoms with Crippen LogP contribution >= 0.6 is 11.6 Å². The first-order chi connectivity index (χ1) is 9.83. The quantitative estimate of drug-likeness (QED) is 0.735. The van der Waals surface area contributed by atoms with Gasteiger partial charge in [0.2, 0.25) is 10.0 Å². The molecule has 8 heteroatoms. The van der Waals surface area contributed by atoms with Crippen LogP contribution < -0.4 is 4.72 Å². The average molecular weight is 336 g/mol. The molecule has 0 aromatic heterocycles. The monoisotopic (exact) mass is 335 g/mol. The van der Waals surface area contributed by atoms with Gasteiger partial charge >= 0.3 is 0 Å². The van der Waals surface area contributed by atoms with E-state index in [1.54, 1.807) is 19.1 Å². The van der Waals surface area contributed by atoms with Crippen molar-refractivity contribution < 1.29 is 23.4 Å². The number of benzene rings is 1. The first-order valence-corrected chi connectivity index (χ1v) is 8.37. The number of rotatable bonds is 4. The number of aliphatic hydroxyl groups is 2. The summed E-state index contributed by atoms with van der Waals surface area (Å²) in [5, 5.41) is 19.7. The number of ether oxygens (including phenoxy) is 1. The van der Waals surface area contributed by atoms with E-state index < -0.39 is 28.1 Å². The number of aliphatic hydroxyl groups excluding tert-OH is 2. The molecule has 3 atom stereocenters. The van der Waals surface area contributed by atoms with Crippen LogP contribution in [0.15, 0.2) is 23.1 Å². The van der Waals surface area contributed by atoms with Crippen molar-refractivity contribution in [2.45, 2.75) is 24.0 Å². The Balaban J connectivity index is 2.10. The van der Waals surface area contributed by atoms with Crippen molar-refractivity contribution in [1.82, 2.24) is 4.72 Å². The van der Waals surface area contributed by atoms with E-state index in [9.17, 15) is 18.6 Å². The largest absolute Gasteiger partial charge is 0.390 e. The summed E-state index contributed by atoms with van der Waals surface area (Å²) in [4.78, 5) is 0.0989. The summed E-state index contributed by atoms with van der Waals surface area (Å²) in [6.07, 6.45) is -2.01. The van der Waals surface area contributed by atoms with Crippen LogP contribution in [0.2, 0.25) is 5.02 Å². The van der Waals surface area contributed by atoms with E-state index in [0.717, 1.165) is 0 Å². The van der Waals surface area contributed by atoms with Crippen LogP contribution in [0.1, 0.15) is 5.56 Å². The normalized spacial score (nSPS) is 26.8. The maximum Gasteiger partial charge on any atom is 0.240 e. The number of hydrogen-bond acceptors (Lipinski definition) is 5. The molecule has 1 aliphatic heterocycles. The van der Waals surface area contributed by atoms with Gasteiger partial charge in [-0.1, -0.05) is 17.7 Å². The molecule has 6 nitrogen and oxygen atoms in total. The van der Waals surface area contributed by atoms with Gasteiger partial charge in [0.15, 0.2) is 0 Å². The Morgan fingerprint density at radius 1 is 1.38 bits per heavy atom. The van der Waals surface area contributed by atoms with Crippen molar-refractivity contribution in [1.29, 1.82) is 0 Å². The molecule has 1 aliphatic rings. The fourth-order valence-electron chi connectivity index (χ4n) is 2.20. The Bertz CT molecular complexity index is 607. The molecular formula is C13H18ClNO5S. The second kappa shape index (κ2) is 6.60. The Labute approximate surface area is 128 Å². The summed E-state index contributed by atoms with van der Waals surface area (Å²) in [7, 11) is -3.74. The Morgan fingerprint density at radius 2 is 2.10 bits per heavy atom. The minimum atomic E-state index is -3.74. The number of hydrogen-bond donors (Lipinski definition) is 3. The molecule has 0 amide bonds. The average Bonchev–Trinajstić information content (AvgIpc) is 2.43. The molecule has 1 fully saturated rings. The van der Waals surface area contributed by atoms with Crippen LogP contribution in [0.3, 0.4) is 0 Å². The van der Waals surface area contributed by atoms with Crippen molar-refractivity contribution >= 4 is 21.6 Å². The molecule has 0 saturated carbocycles. The van der Waals surface area contributed by atoms with E-state index in [2.05, 4.69) is 4.72 Å². The maximum absolute atomic E-state index is 12.3. The van der Waals surface area contributed by atoms with E-state index in [1.165, 1.54) is 6.07 Å². The lowest BCUT2D eigenvalue weighted by Crippen LogP contribution is -2.48. The standard InChI is InChI=1S/C13H18ClNO5S/c1-8-10(14)3-2-4-12(8)21(18,19)15-5-9-6-20-7-11(16)13(9)17/h2-4,9,11,13,15-17H,5-7H2,1H3/t9-,11-,13+/m1/s1. The smallest absolute Gasteiger partial charge is 0.240 e. The zero-order valence-electron chi connectivity index (χ0n) is 11.5. The molecule has 0 radical (unpaired) electrons. The molecule has 0 unspecified atom stereocenters. The van der Waals surface area contributed by atoms with Gasteiger partial charge in [0.05, 0.1) is 24.2 Å². The van der Waals surface area contributed by atoms with Gasteiger partial charge in [-0.15, -0.1) is 0 Å². The number of sulfonamides is 1. The highest BCUT2D eigenvalue weighted by Gasteiger charge is 2.32. The molecule has 0 spiro atoms. The molecule has 0 bridgehead atoms. The lowest BCUT2D eigenvalue weighted by atomic mass is 9.97. The van der Waals surface area contributed by atoms with E-state index >= 15 is 0 Å². The van der Waals surface area contributed by atoms with Crippen LogP contribution in [0.4, 0.5) is 0 Å². The van der Waals surface area contributed by atoms with Crippen LogP contribution in [-0.4, -0.2) is 50.6 Å². The van der Waals surface area contributed by atoms with E-state index in [1.807, 2.05) is 0 Å². The van der Waals surface area contributed by atoms with Gasteiger partial charge in [-0.2, -0.15) is 0 Å². The molecule has 21 heavy (non-hydrogen) atoms. The molecule has 1 aromatic rings. The highest BCUT2D eigenvalue weighted by Crippen LogP contribution is 2.23. The number of nitrogens with one attached hydrogen (secondary N) is 1. The summed E-state index contributed by atoms with van der Waals surface area (Å²) in [6, 6.07) is 4.64. The predicted molar refractivity (Wildman–Crippen MR) is 77.7 cm³/mol. The fourth-order valence-corrected chi connectivity index (χ4v) is 3.79. The van der Waals surface area contributed by atoms with Crippen molar-refractivity contribution in [3.05, 3.63) is 28.8 Å². The van der Waals surface area contributed by atoms with Crippen molar-refractivity contribution in [2.75, 3.05) is 19.8 Å². The molecule has 1 saturated heterocycles. The number of halogens is 1. The third-order valence-electron chi connectivity index (χ3n) is 3.54. The molecule has 2 rings (SSSR count). The van der Waals surface area contributed by atoms with E-state index in [4.69, 9.17) is 16.3 Å². The minimum absolute atomic E-state index is 0.0213. The first kappa shape index (κ1) is 16.7. The van der Waals surface area contributed by atoms with Crippen molar-refractivity contribution in [3.8, 4) is 0 Å². The topological polar surface area (TPSA) is 95.9 Å². The second-order valence-electron chi connectivity index (χ2n) is 5.07. The summed E-state index contributed by atoms with van der Waals surface area (Å²) in [5.74, 6) is -0.497. The lowest BCUT2D eigenvalue weighted by Gasteiger charge is -2.31. The van der Waals surface area contributed by atoms with Gasteiger partial charge in [0.1, 0.15) is 6.10 Å². The van der Waals surface area contributed by atoms with E-state index in [0.29, 0.717) is 10.6 Å². The minimum Gasteiger partial charge on any atom is -0.390 e. The zero-order chi connectivity index (χ0) is 15.6. The molecule has 1 heterocycles. The van der Waals surface area contributed by atoms with E-state index in [-0.39, 0.29) is 24.7 Å². The summed E-state index contributed by atoms with van der Waals surface area (Å²) < 4.78 is 32.1. The third-order valence-corrected chi connectivity index (χ3v) is 5.52.